The molecule has 0 aromatic heterocycles. The van der Waals surface area contributed by atoms with E-state index in [1.165, 1.54) is 0 Å². The number of benzene rings is 1. The SMILES string of the molecule is COc1ccccc1C(O)C1(C)CCCO1. The quantitative estimate of drug-likeness (QED) is 0.852. The lowest BCUT2D eigenvalue weighted by Gasteiger charge is -2.30. The maximum Gasteiger partial charge on any atom is 0.124 e. The van der Waals surface area contributed by atoms with Crippen molar-refractivity contribution in [3.05, 3.63) is 29.8 Å². The van der Waals surface area contributed by atoms with E-state index in [1.54, 1.807) is 7.11 Å². The summed E-state index contributed by atoms with van der Waals surface area (Å²) in [5.74, 6) is 0.715. The Morgan fingerprint density at radius 2 is 2.19 bits per heavy atom. The Kier molecular flexibility index (Phi) is 3.17. The Morgan fingerprint density at radius 1 is 1.44 bits per heavy atom. The summed E-state index contributed by atoms with van der Waals surface area (Å²) >= 11 is 0. The van der Waals surface area contributed by atoms with Crippen molar-refractivity contribution in [3.8, 4) is 5.75 Å². The number of para-hydroxylation sites is 1. The number of rotatable bonds is 3. The molecule has 2 unspecified atom stereocenters. The number of aliphatic hydroxyl groups excluding tert-OH is 1. The standard InChI is InChI=1S/C13H18O3/c1-13(8-5-9-16-13)12(14)10-6-3-4-7-11(10)15-2/h3-4,6-7,12,14H,5,8-9H2,1-2H3. The first-order chi connectivity index (χ1) is 7.67. The molecule has 2 rings (SSSR count). The van der Waals surface area contributed by atoms with Crippen LogP contribution >= 0.6 is 0 Å². The van der Waals surface area contributed by atoms with Gasteiger partial charge in [0, 0.05) is 12.2 Å². The van der Waals surface area contributed by atoms with Crippen molar-refractivity contribution < 1.29 is 14.6 Å². The van der Waals surface area contributed by atoms with Crippen LogP contribution in [0.2, 0.25) is 0 Å². The van der Waals surface area contributed by atoms with Gasteiger partial charge in [-0.2, -0.15) is 0 Å². The molecule has 88 valence electrons. The lowest BCUT2D eigenvalue weighted by atomic mass is 9.90. The van der Waals surface area contributed by atoms with Crippen molar-refractivity contribution in [1.82, 2.24) is 0 Å². The highest BCUT2D eigenvalue weighted by Crippen LogP contribution is 2.40. The molecule has 3 heteroatoms. The number of hydrogen-bond donors (Lipinski definition) is 1. The van der Waals surface area contributed by atoms with Crippen molar-refractivity contribution in [2.24, 2.45) is 0 Å². The van der Waals surface area contributed by atoms with Gasteiger partial charge in [-0.3, -0.25) is 0 Å². The van der Waals surface area contributed by atoms with E-state index in [0.717, 1.165) is 25.0 Å². The third-order valence-electron chi connectivity index (χ3n) is 3.26. The summed E-state index contributed by atoms with van der Waals surface area (Å²) in [6, 6.07) is 7.54. The van der Waals surface area contributed by atoms with E-state index in [2.05, 4.69) is 0 Å². The molecular formula is C13H18O3. The summed E-state index contributed by atoms with van der Waals surface area (Å²) in [6.07, 6.45) is 1.25. The molecule has 1 saturated heterocycles. The topological polar surface area (TPSA) is 38.7 Å². The summed E-state index contributed by atoms with van der Waals surface area (Å²) in [5, 5.41) is 10.4. The lowest BCUT2D eigenvalue weighted by Crippen LogP contribution is -2.32. The molecule has 0 saturated carbocycles. The Balaban J connectivity index is 2.29. The minimum atomic E-state index is -0.633. The Morgan fingerprint density at radius 3 is 2.81 bits per heavy atom. The van der Waals surface area contributed by atoms with Gasteiger partial charge < -0.3 is 14.6 Å². The summed E-state index contributed by atoms with van der Waals surface area (Å²) in [7, 11) is 1.61. The average molecular weight is 222 g/mol. The van der Waals surface area contributed by atoms with E-state index in [-0.39, 0.29) is 0 Å². The summed E-state index contributed by atoms with van der Waals surface area (Å²) in [5.41, 5.74) is 0.323. The molecule has 3 nitrogen and oxygen atoms in total. The first kappa shape index (κ1) is 11.4. The van der Waals surface area contributed by atoms with Gasteiger partial charge in [0.15, 0.2) is 0 Å². The fourth-order valence-electron chi connectivity index (χ4n) is 2.24. The Hall–Kier alpha value is -1.06. The van der Waals surface area contributed by atoms with Crippen LogP contribution in [0.3, 0.4) is 0 Å². The van der Waals surface area contributed by atoms with Crippen LogP contribution in [0.1, 0.15) is 31.4 Å². The molecule has 2 atom stereocenters. The number of aliphatic hydroxyl groups is 1. The monoisotopic (exact) mass is 222 g/mol. The van der Waals surface area contributed by atoms with Gasteiger partial charge in [-0.05, 0) is 25.8 Å². The number of ether oxygens (including phenoxy) is 2. The molecule has 0 spiro atoms. The fraction of sp³-hybridized carbons (Fsp3) is 0.538. The minimum Gasteiger partial charge on any atom is -0.496 e. The molecule has 0 aliphatic carbocycles. The van der Waals surface area contributed by atoms with Crippen LogP contribution < -0.4 is 4.74 Å². The van der Waals surface area contributed by atoms with Crippen LogP contribution in [0, 0.1) is 0 Å². The molecule has 1 aromatic rings. The number of hydrogen-bond acceptors (Lipinski definition) is 3. The van der Waals surface area contributed by atoms with Gasteiger partial charge in [-0.15, -0.1) is 0 Å². The molecule has 1 N–H and O–H groups in total. The van der Waals surface area contributed by atoms with E-state index < -0.39 is 11.7 Å². The zero-order valence-corrected chi connectivity index (χ0v) is 9.77. The molecule has 1 aliphatic rings. The van der Waals surface area contributed by atoms with Gasteiger partial charge in [-0.25, -0.2) is 0 Å². The second-order valence-electron chi connectivity index (χ2n) is 4.41. The highest BCUT2D eigenvalue weighted by molar-refractivity contribution is 5.36. The largest absolute Gasteiger partial charge is 0.496 e. The predicted molar refractivity (Wildman–Crippen MR) is 61.5 cm³/mol. The molecule has 16 heavy (non-hydrogen) atoms. The maximum atomic E-state index is 10.4. The van der Waals surface area contributed by atoms with Gasteiger partial charge in [0.2, 0.25) is 0 Å². The van der Waals surface area contributed by atoms with Crippen LogP contribution in [0.5, 0.6) is 5.75 Å². The average Bonchev–Trinajstić information content (AvgIpc) is 2.76. The molecule has 0 bridgehead atoms. The van der Waals surface area contributed by atoms with E-state index in [1.807, 2.05) is 31.2 Å². The Labute approximate surface area is 96.0 Å². The second kappa shape index (κ2) is 4.44. The van der Waals surface area contributed by atoms with Gasteiger partial charge in [0.05, 0.1) is 12.7 Å². The third kappa shape index (κ3) is 1.93. The molecule has 0 radical (unpaired) electrons. The third-order valence-corrected chi connectivity index (χ3v) is 3.26. The lowest BCUT2D eigenvalue weighted by molar-refractivity contribution is -0.0803. The predicted octanol–water partition coefficient (Wildman–Crippen LogP) is 2.30. The molecular weight excluding hydrogens is 204 g/mol. The van der Waals surface area contributed by atoms with E-state index in [0.29, 0.717) is 5.75 Å². The minimum absolute atomic E-state index is 0.478. The highest BCUT2D eigenvalue weighted by Gasteiger charge is 2.39. The zero-order chi connectivity index (χ0) is 11.6. The molecule has 1 aliphatic heterocycles. The summed E-state index contributed by atoms with van der Waals surface area (Å²) in [6.45, 7) is 2.68. The number of methoxy groups -OCH3 is 1. The second-order valence-corrected chi connectivity index (χ2v) is 4.41. The fourth-order valence-corrected chi connectivity index (χ4v) is 2.24. The maximum absolute atomic E-state index is 10.4. The van der Waals surface area contributed by atoms with E-state index in [9.17, 15) is 5.11 Å². The van der Waals surface area contributed by atoms with Crippen LogP contribution in [-0.4, -0.2) is 24.4 Å². The van der Waals surface area contributed by atoms with Crippen molar-refractivity contribution in [3.63, 3.8) is 0 Å². The van der Waals surface area contributed by atoms with Crippen LogP contribution in [-0.2, 0) is 4.74 Å². The smallest absolute Gasteiger partial charge is 0.124 e. The van der Waals surface area contributed by atoms with Crippen molar-refractivity contribution >= 4 is 0 Å². The van der Waals surface area contributed by atoms with Gasteiger partial charge >= 0.3 is 0 Å². The van der Waals surface area contributed by atoms with Gasteiger partial charge in [-0.1, -0.05) is 18.2 Å². The Bertz CT molecular complexity index is 356. The highest BCUT2D eigenvalue weighted by atomic mass is 16.5. The van der Waals surface area contributed by atoms with E-state index >= 15 is 0 Å². The first-order valence-corrected chi connectivity index (χ1v) is 5.62. The normalized spacial score (nSPS) is 26.7. The van der Waals surface area contributed by atoms with Gasteiger partial charge in [0.25, 0.3) is 0 Å². The van der Waals surface area contributed by atoms with Gasteiger partial charge in [0.1, 0.15) is 11.9 Å². The zero-order valence-electron chi connectivity index (χ0n) is 9.77. The van der Waals surface area contributed by atoms with Crippen LogP contribution in [0.15, 0.2) is 24.3 Å². The first-order valence-electron chi connectivity index (χ1n) is 5.62. The molecule has 0 amide bonds. The van der Waals surface area contributed by atoms with Crippen LogP contribution in [0.25, 0.3) is 0 Å². The summed E-state index contributed by atoms with van der Waals surface area (Å²) in [4.78, 5) is 0. The molecule has 1 fully saturated rings. The van der Waals surface area contributed by atoms with Crippen molar-refractivity contribution in [1.29, 1.82) is 0 Å². The van der Waals surface area contributed by atoms with Crippen molar-refractivity contribution in [2.75, 3.05) is 13.7 Å². The molecule has 1 aromatic carbocycles. The molecule has 1 heterocycles. The van der Waals surface area contributed by atoms with Crippen molar-refractivity contribution in [2.45, 2.75) is 31.5 Å². The summed E-state index contributed by atoms with van der Waals surface area (Å²) < 4.78 is 10.9. The van der Waals surface area contributed by atoms with E-state index in [4.69, 9.17) is 9.47 Å². The van der Waals surface area contributed by atoms with Crippen LogP contribution in [0.4, 0.5) is 0 Å².